The topological polar surface area (TPSA) is 112 Å². The fourth-order valence-corrected chi connectivity index (χ4v) is 4.86. The lowest BCUT2D eigenvalue weighted by Gasteiger charge is -2.44. The van der Waals surface area contributed by atoms with Gasteiger partial charge in [0.1, 0.15) is 0 Å². The molecule has 35 heavy (non-hydrogen) atoms. The predicted octanol–water partition coefficient (Wildman–Crippen LogP) is 7.00. The Morgan fingerprint density at radius 3 is 1.14 bits per heavy atom. The molecule has 0 saturated carbocycles. The van der Waals surface area contributed by atoms with Crippen molar-refractivity contribution >= 4 is 17.9 Å². The van der Waals surface area contributed by atoms with Crippen molar-refractivity contribution in [2.24, 2.45) is 0 Å². The minimum Gasteiger partial charge on any atom is -0.477 e. The Kier molecular flexibility index (Phi) is 18.3. The van der Waals surface area contributed by atoms with E-state index in [0.717, 1.165) is 19.3 Å². The third-order valence-electron chi connectivity index (χ3n) is 7.42. The Bertz CT molecular complexity index is 583. The number of carboxylic acids is 3. The highest BCUT2D eigenvalue weighted by atomic mass is 16.4. The highest BCUT2D eigenvalue weighted by Gasteiger charge is 2.51. The van der Waals surface area contributed by atoms with E-state index >= 15 is 0 Å². The maximum Gasteiger partial charge on any atom is 0.362 e. The summed E-state index contributed by atoms with van der Waals surface area (Å²) in [5.41, 5.74) is 0. The molecular formula is C28H52NO6+. The number of quaternary nitrogens is 1. The Hall–Kier alpha value is -1.89. The highest BCUT2D eigenvalue weighted by molar-refractivity contribution is 5.77. The summed E-state index contributed by atoms with van der Waals surface area (Å²) in [6.07, 6.45) is 23.0. The first kappa shape index (κ1) is 33.1. The van der Waals surface area contributed by atoms with Crippen LogP contribution in [0.3, 0.4) is 0 Å². The molecule has 0 aliphatic carbocycles. The Morgan fingerprint density at radius 2 is 0.857 bits per heavy atom. The van der Waals surface area contributed by atoms with E-state index in [-0.39, 0.29) is 0 Å². The second-order valence-corrected chi connectivity index (χ2v) is 10.1. The minimum atomic E-state index is -1.22. The molecule has 0 radical (unpaired) electrons. The van der Waals surface area contributed by atoms with Gasteiger partial charge in [-0.05, 0) is 39.7 Å². The number of unbranched alkanes of at least 4 members (excludes halogenated alkanes) is 15. The van der Waals surface area contributed by atoms with Crippen molar-refractivity contribution in [3.63, 3.8) is 0 Å². The van der Waals surface area contributed by atoms with Crippen molar-refractivity contribution in [3.05, 3.63) is 12.3 Å². The van der Waals surface area contributed by atoms with Crippen molar-refractivity contribution in [1.29, 1.82) is 0 Å². The van der Waals surface area contributed by atoms with Gasteiger partial charge in [0, 0.05) is 0 Å². The van der Waals surface area contributed by atoms with Gasteiger partial charge < -0.3 is 15.3 Å². The summed E-state index contributed by atoms with van der Waals surface area (Å²) in [6.45, 7) is 6.37. The lowest BCUT2D eigenvalue weighted by molar-refractivity contribution is -0.922. The van der Waals surface area contributed by atoms with Gasteiger partial charge in [-0.15, -0.1) is 0 Å². The number of carboxylic acid groups (broad SMARTS) is 3. The number of nitrogens with zero attached hydrogens (tertiary/aromatic N) is 1. The first-order valence-electron chi connectivity index (χ1n) is 13.9. The van der Waals surface area contributed by atoms with Gasteiger partial charge in [-0.2, -0.15) is 0 Å². The molecule has 0 rings (SSSR count). The van der Waals surface area contributed by atoms with Crippen LogP contribution in [0.2, 0.25) is 0 Å². The SMILES string of the molecule is CCCCCCCCCCCCCCCCC/C=C/[N+](C(C)C(=O)O)(C(C)C(=O)O)C(C)C(=O)O. The van der Waals surface area contributed by atoms with Gasteiger partial charge in [0.25, 0.3) is 0 Å². The van der Waals surface area contributed by atoms with Crippen LogP contribution in [0.1, 0.15) is 130 Å². The Balaban J connectivity index is 4.35. The molecule has 204 valence electrons. The quantitative estimate of drug-likeness (QED) is 0.103. The molecule has 0 bridgehead atoms. The maximum atomic E-state index is 11.7. The molecule has 7 heteroatoms. The van der Waals surface area contributed by atoms with E-state index in [1.54, 1.807) is 6.08 Å². The zero-order valence-corrected chi connectivity index (χ0v) is 22.7. The second kappa shape index (κ2) is 19.3. The monoisotopic (exact) mass is 498 g/mol. The molecule has 0 saturated heterocycles. The third-order valence-corrected chi connectivity index (χ3v) is 7.42. The molecule has 0 spiro atoms. The van der Waals surface area contributed by atoms with E-state index in [1.165, 1.54) is 104 Å². The molecule has 0 aromatic carbocycles. The average Bonchev–Trinajstić information content (AvgIpc) is 2.82. The van der Waals surface area contributed by atoms with Gasteiger partial charge in [0.05, 0.1) is 6.20 Å². The standard InChI is InChI=1S/C28H51NO6/c1-5-6-7-8-9-10-11-12-13-14-15-16-17-18-19-20-21-22-29(23(2)26(30)31,24(3)27(32)33)25(4)28(34)35/h21-25H,5-20H2,1-4H3,(H2-,30,31,32,33,34,35)/p+1/b22-21+. The van der Waals surface area contributed by atoms with Crippen LogP contribution in [0.5, 0.6) is 0 Å². The average molecular weight is 499 g/mol. The maximum absolute atomic E-state index is 11.7. The molecule has 0 aliphatic heterocycles. The summed E-state index contributed by atoms with van der Waals surface area (Å²) in [4.78, 5) is 35.2. The van der Waals surface area contributed by atoms with E-state index in [2.05, 4.69) is 6.92 Å². The van der Waals surface area contributed by atoms with Gasteiger partial charge in [-0.1, -0.05) is 96.8 Å². The number of hydrogen-bond acceptors (Lipinski definition) is 3. The van der Waals surface area contributed by atoms with Gasteiger partial charge in [-0.25, -0.2) is 14.4 Å². The first-order chi connectivity index (χ1) is 16.6. The molecule has 0 amide bonds. The molecule has 0 heterocycles. The van der Waals surface area contributed by atoms with Gasteiger partial charge in [-0.3, -0.25) is 4.48 Å². The Morgan fingerprint density at radius 1 is 0.571 bits per heavy atom. The zero-order valence-electron chi connectivity index (χ0n) is 22.7. The minimum absolute atomic E-state index is 0.654. The van der Waals surface area contributed by atoms with Crippen molar-refractivity contribution in [2.75, 3.05) is 0 Å². The molecule has 7 nitrogen and oxygen atoms in total. The molecule has 3 N–H and O–H groups in total. The molecular weight excluding hydrogens is 446 g/mol. The van der Waals surface area contributed by atoms with Crippen LogP contribution in [0.4, 0.5) is 0 Å². The largest absolute Gasteiger partial charge is 0.477 e. The lowest BCUT2D eigenvalue weighted by atomic mass is 10.0. The predicted molar refractivity (Wildman–Crippen MR) is 140 cm³/mol. The molecule has 3 unspecified atom stereocenters. The summed E-state index contributed by atoms with van der Waals surface area (Å²) in [5.74, 6) is -3.66. The van der Waals surface area contributed by atoms with Gasteiger partial charge in [0.15, 0.2) is 18.1 Å². The van der Waals surface area contributed by atoms with E-state index in [9.17, 15) is 29.7 Å². The van der Waals surface area contributed by atoms with E-state index < -0.39 is 40.5 Å². The third kappa shape index (κ3) is 12.6. The van der Waals surface area contributed by atoms with Crippen molar-refractivity contribution in [3.8, 4) is 0 Å². The molecule has 0 aromatic heterocycles. The second-order valence-electron chi connectivity index (χ2n) is 10.1. The fraction of sp³-hybridized carbons (Fsp3) is 0.821. The lowest BCUT2D eigenvalue weighted by Crippen LogP contribution is -2.67. The molecule has 0 fully saturated rings. The fourth-order valence-electron chi connectivity index (χ4n) is 4.86. The smallest absolute Gasteiger partial charge is 0.362 e. The Labute approximate surface area is 213 Å². The van der Waals surface area contributed by atoms with Crippen molar-refractivity contribution in [2.45, 2.75) is 149 Å². The van der Waals surface area contributed by atoms with Crippen LogP contribution in [0.25, 0.3) is 0 Å². The zero-order chi connectivity index (χ0) is 26.7. The number of hydrogen-bond donors (Lipinski definition) is 3. The number of aliphatic carboxylic acids is 3. The number of carbonyl (C=O) groups is 3. The summed E-state index contributed by atoms with van der Waals surface area (Å²) >= 11 is 0. The van der Waals surface area contributed by atoms with Gasteiger partial charge in [0.2, 0.25) is 0 Å². The van der Waals surface area contributed by atoms with Crippen LogP contribution in [0.15, 0.2) is 12.3 Å². The molecule has 3 atom stereocenters. The van der Waals surface area contributed by atoms with Crippen LogP contribution in [-0.4, -0.2) is 55.8 Å². The number of rotatable bonds is 23. The van der Waals surface area contributed by atoms with Crippen LogP contribution in [0, 0.1) is 0 Å². The summed E-state index contributed by atoms with van der Waals surface area (Å²) < 4.78 is -0.654. The van der Waals surface area contributed by atoms with Crippen LogP contribution in [-0.2, 0) is 14.4 Å². The summed E-state index contributed by atoms with van der Waals surface area (Å²) in [7, 11) is 0. The van der Waals surface area contributed by atoms with E-state index in [0.29, 0.717) is 6.42 Å². The van der Waals surface area contributed by atoms with E-state index in [4.69, 9.17) is 0 Å². The van der Waals surface area contributed by atoms with Crippen molar-refractivity contribution in [1.82, 2.24) is 0 Å². The van der Waals surface area contributed by atoms with Gasteiger partial charge >= 0.3 is 17.9 Å². The molecule has 0 aliphatic rings. The van der Waals surface area contributed by atoms with Crippen molar-refractivity contribution < 1.29 is 34.2 Å². The summed E-state index contributed by atoms with van der Waals surface area (Å²) in [5, 5.41) is 28.8. The first-order valence-corrected chi connectivity index (χ1v) is 13.9. The highest BCUT2D eigenvalue weighted by Crippen LogP contribution is 2.27. The number of allylic oxidation sites excluding steroid dienone is 1. The molecule has 0 aromatic rings. The van der Waals surface area contributed by atoms with Crippen LogP contribution >= 0.6 is 0 Å². The van der Waals surface area contributed by atoms with E-state index in [1.807, 2.05) is 0 Å². The normalized spacial score (nSPS) is 16.0. The van der Waals surface area contributed by atoms with Crippen LogP contribution < -0.4 is 0 Å². The summed E-state index contributed by atoms with van der Waals surface area (Å²) in [6, 6.07) is -3.61.